The predicted molar refractivity (Wildman–Crippen MR) is 103 cm³/mol. The second kappa shape index (κ2) is 8.85. The lowest BCUT2D eigenvalue weighted by Gasteiger charge is -2.24. The van der Waals surface area contributed by atoms with E-state index in [1.165, 1.54) is 18.2 Å². The second-order valence-electron chi connectivity index (χ2n) is 6.05. The number of carbonyl (C=O) groups is 1. The van der Waals surface area contributed by atoms with Crippen molar-refractivity contribution < 1.29 is 22.3 Å². The minimum Gasteiger partial charge on any atom is -0.497 e. The van der Waals surface area contributed by atoms with E-state index >= 15 is 0 Å². The van der Waals surface area contributed by atoms with Crippen LogP contribution in [0.1, 0.15) is 24.9 Å². The maximum Gasteiger partial charge on any atom is 0.241 e. The van der Waals surface area contributed by atoms with Crippen molar-refractivity contribution in [3.05, 3.63) is 59.9 Å². The molecule has 1 unspecified atom stereocenters. The first-order valence-corrected chi connectivity index (χ1v) is 10.3. The third-order valence-electron chi connectivity index (χ3n) is 4.05. The van der Waals surface area contributed by atoms with Crippen molar-refractivity contribution in [2.75, 3.05) is 24.2 Å². The van der Waals surface area contributed by atoms with Gasteiger partial charge < -0.3 is 10.1 Å². The van der Waals surface area contributed by atoms with E-state index in [-0.39, 0.29) is 11.7 Å². The van der Waals surface area contributed by atoms with Gasteiger partial charge in [-0.3, -0.25) is 9.10 Å². The Morgan fingerprint density at radius 3 is 2.41 bits per heavy atom. The number of anilines is 1. The van der Waals surface area contributed by atoms with Crippen LogP contribution in [0.3, 0.4) is 0 Å². The van der Waals surface area contributed by atoms with Crippen molar-refractivity contribution in [3.63, 3.8) is 0 Å². The molecule has 0 heterocycles. The maximum absolute atomic E-state index is 13.5. The standard InChI is InChI=1S/C19H23FN2O4S/c1-4-18(14-8-10-17(26-2)11-9-14)21-19(23)13-22(27(3,24)25)16-7-5-6-15(20)12-16/h5-12,18H,4,13H2,1-3H3,(H,21,23). The topological polar surface area (TPSA) is 75.7 Å². The molecule has 2 rings (SSSR count). The number of nitrogens with one attached hydrogen (secondary N) is 1. The smallest absolute Gasteiger partial charge is 0.241 e. The van der Waals surface area contributed by atoms with Gasteiger partial charge in [-0.1, -0.05) is 25.1 Å². The van der Waals surface area contributed by atoms with Gasteiger partial charge in [-0.25, -0.2) is 12.8 Å². The molecular weight excluding hydrogens is 371 g/mol. The zero-order valence-corrected chi connectivity index (χ0v) is 16.3. The van der Waals surface area contributed by atoms with Gasteiger partial charge in [0, 0.05) is 0 Å². The van der Waals surface area contributed by atoms with E-state index in [4.69, 9.17) is 4.74 Å². The van der Waals surface area contributed by atoms with E-state index in [1.54, 1.807) is 19.2 Å². The Kier molecular flexibility index (Phi) is 6.79. The van der Waals surface area contributed by atoms with E-state index in [2.05, 4.69) is 5.32 Å². The summed E-state index contributed by atoms with van der Waals surface area (Å²) >= 11 is 0. The van der Waals surface area contributed by atoms with Crippen LogP contribution in [-0.4, -0.2) is 34.2 Å². The molecule has 0 radical (unpaired) electrons. The predicted octanol–water partition coefficient (Wildman–Crippen LogP) is 2.87. The molecular formula is C19H23FN2O4S. The average molecular weight is 394 g/mol. The molecule has 0 saturated heterocycles. The third kappa shape index (κ3) is 5.68. The maximum atomic E-state index is 13.5. The Hall–Kier alpha value is -2.61. The van der Waals surface area contributed by atoms with Gasteiger partial charge in [-0.2, -0.15) is 0 Å². The molecule has 1 N–H and O–H groups in total. The first kappa shape index (κ1) is 20.7. The number of rotatable bonds is 8. The molecule has 6 nitrogen and oxygen atoms in total. The van der Waals surface area contributed by atoms with Crippen molar-refractivity contribution in [3.8, 4) is 5.75 Å². The number of hydrogen-bond acceptors (Lipinski definition) is 4. The SMILES string of the molecule is CCC(NC(=O)CN(c1cccc(F)c1)S(C)(=O)=O)c1ccc(OC)cc1. The minimum atomic E-state index is -3.76. The minimum absolute atomic E-state index is 0.102. The van der Waals surface area contributed by atoms with Crippen molar-refractivity contribution in [2.45, 2.75) is 19.4 Å². The summed E-state index contributed by atoms with van der Waals surface area (Å²) < 4.78 is 43.6. The van der Waals surface area contributed by atoms with Gasteiger partial charge in [0.2, 0.25) is 15.9 Å². The van der Waals surface area contributed by atoms with Gasteiger partial charge in [0.15, 0.2) is 0 Å². The quantitative estimate of drug-likeness (QED) is 0.747. The number of methoxy groups -OCH3 is 1. The molecule has 146 valence electrons. The van der Waals surface area contributed by atoms with E-state index in [9.17, 15) is 17.6 Å². The number of hydrogen-bond donors (Lipinski definition) is 1. The summed E-state index contributed by atoms with van der Waals surface area (Å²) in [4.78, 5) is 12.5. The number of carbonyl (C=O) groups excluding carboxylic acids is 1. The Morgan fingerprint density at radius 1 is 1.22 bits per heavy atom. The summed E-state index contributed by atoms with van der Waals surface area (Å²) in [5.41, 5.74) is 0.980. The fraction of sp³-hybridized carbons (Fsp3) is 0.316. The Bertz CT molecular complexity index is 885. The van der Waals surface area contributed by atoms with Crippen LogP contribution >= 0.6 is 0 Å². The molecule has 2 aromatic carbocycles. The average Bonchev–Trinajstić information content (AvgIpc) is 2.63. The number of sulfonamides is 1. The summed E-state index contributed by atoms with van der Waals surface area (Å²) in [7, 11) is -2.19. The first-order valence-electron chi connectivity index (χ1n) is 8.41. The number of benzene rings is 2. The van der Waals surface area contributed by atoms with Crippen LogP contribution in [0.15, 0.2) is 48.5 Å². The van der Waals surface area contributed by atoms with Crippen LogP contribution < -0.4 is 14.4 Å². The molecule has 0 aliphatic rings. The Morgan fingerprint density at radius 2 is 1.89 bits per heavy atom. The van der Waals surface area contributed by atoms with Crippen LogP contribution in [0.5, 0.6) is 5.75 Å². The van der Waals surface area contributed by atoms with Gasteiger partial charge in [-0.15, -0.1) is 0 Å². The molecule has 8 heteroatoms. The normalized spacial score (nSPS) is 12.3. The second-order valence-corrected chi connectivity index (χ2v) is 7.96. The zero-order chi connectivity index (χ0) is 20.0. The van der Waals surface area contributed by atoms with E-state index in [0.29, 0.717) is 12.2 Å². The lowest BCUT2D eigenvalue weighted by Crippen LogP contribution is -2.41. The molecule has 0 aliphatic heterocycles. The highest BCUT2D eigenvalue weighted by atomic mass is 32.2. The highest BCUT2D eigenvalue weighted by molar-refractivity contribution is 7.92. The molecule has 27 heavy (non-hydrogen) atoms. The summed E-state index contributed by atoms with van der Waals surface area (Å²) in [6.07, 6.45) is 1.60. The van der Waals surface area contributed by atoms with Crippen molar-refractivity contribution >= 4 is 21.6 Å². The van der Waals surface area contributed by atoms with E-state index < -0.39 is 28.3 Å². The van der Waals surface area contributed by atoms with E-state index in [0.717, 1.165) is 22.2 Å². The summed E-state index contributed by atoms with van der Waals surface area (Å²) in [5.74, 6) is -0.354. The molecule has 1 amide bonds. The number of ether oxygens (including phenoxy) is 1. The molecule has 0 aliphatic carbocycles. The monoisotopic (exact) mass is 394 g/mol. The lowest BCUT2D eigenvalue weighted by atomic mass is 10.0. The summed E-state index contributed by atoms with van der Waals surface area (Å²) in [6.45, 7) is 1.48. The largest absolute Gasteiger partial charge is 0.497 e. The highest BCUT2D eigenvalue weighted by Gasteiger charge is 2.23. The number of nitrogens with zero attached hydrogens (tertiary/aromatic N) is 1. The van der Waals surface area contributed by atoms with E-state index in [1.807, 2.05) is 19.1 Å². The molecule has 0 bridgehead atoms. The van der Waals surface area contributed by atoms with Crippen molar-refractivity contribution in [1.29, 1.82) is 0 Å². The molecule has 2 aromatic rings. The molecule has 0 saturated carbocycles. The first-order chi connectivity index (χ1) is 12.7. The number of halogens is 1. The Labute approximate surface area is 159 Å². The number of amides is 1. The van der Waals surface area contributed by atoms with Gasteiger partial charge in [0.1, 0.15) is 18.1 Å². The third-order valence-corrected chi connectivity index (χ3v) is 5.19. The van der Waals surface area contributed by atoms with Crippen molar-refractivity contribution in [2.24, 2.45) is 0 Å². The van der Waals surface area contributed by atoms with Gasteiger partial charge in [0.05, 0.1) is 25.1 Å². The van der Waals surface area contributed by atoms with Crippen molar-refractivity contribution in [1.82, 2.24) is 5.32 Å². The van der Waals surface area contributed by atoms with Crippen LogP contribution in [0.4, 0.5) is 10.1 Å². The van der Waals surface area contributed by atoms with Gasteiger partial charge >= 0.3 is 0 Å². The fourth-order valence-electron chi connectivity index (χ4n) is 2.66. The fourth-order valence-corrected chi connectivity index (χ4v) is 3.51. The van der Waals surface area contributed by atoms with Gasteiger partial charge in [0.25, 0.3) is 0 Å². The molecule has 0 spiro atoms. The molecule has 1 atom stereocenters. The van der Waals surface area contributed by atoms with Crippen LogP contribution in [0.25, 0.3) is 0 Å². The van der Waals surface area contributed by atoms with Crippen LogP contribution in [-0.2, 0) is 14.8 Å². The zero-order valence-electron chi connectivity index (χ0n) is 15.5. The highest BCUT2D eigenvalue weighted by Crippen LogP contribution is 2.21. The lowest BCUT2D eigenvalue weighted by molar-refractivity contribution is -0.120. The Balaban J connectivity index is 2.16. The molecule has 0 fully saturated rings. The summed E-state index contributed by atoms with van der Waals surface area (Å²) in [5, 5.41) is 2.83. The van der Waals surface area contributed by atoms with Gasteiger partial charge in [-0.05, 0) is 42.3 Å². The summed E-state index contributed by atoms with van der Waals surface area (Å²) in [6, 6.07) is 12.1. The van der Waals surface area contributed by atoms with Crippen LogP contribution in [0, 0.1) is 5.82 Å². The molecule has 0 aromatic heterocycles. The van der Waals surface area contributed by atoms with Crippen LogP contribution in [0.2, 0.25) is 0 Å².